The predicted octanol–water partition coefficient (Wildman–Crippen LogP) is 6.99. The normalized spacial score (nSPS) is 19.8. The van der Waals surface area contributed by atoms with Crippen molar-refractivity contribution in [1.29, 1.82) is 0 Å². The van der Waals surface area contributed by atoms with Crippen molar-refractivity contribution in [3.63, 3.8) is 0 Å². The van der Waals surface area contributed by atoms with Crippen molar-refractivity contribution in [2.75, 3.05) is 5.32 Å². The zero-order chi connectivity index (χ0) is 23.2. The molecule has 0 unspecified atom stereocenters. The molecule has 0 saturated heterocycles. The molecule has 2 N–H and O–H groups in total. The summed E-state index contributed by atoms with van der Waals surface area (Å²) in [6.45, 7) is 7.37. The highest BCUT2D eigenvalue weighted by molar-refractivity contribution is 7.16. The summed E-state index contributed by atoms with van der Waals surface area (Å²) < 4.78 is 5.89. The lowest BCUT2D eigenvalue weighted by Crippen LogP contribution is -2.38. The van der Waals surface area contributed by atoms with E-state index in [0.29, 0.717) is 17.5 Å². The largest absolute Gasteiger partial charge is 0.489 e. The highest BCUT2D eigenvalue weighted by Gasteiger charge is 2.36. The molecule has 5 rings (SSSR count). The summed E-state index contributed by atoms with van der Waals surface area (Å²) in [5.74, 6) is 1.45. The smallest absolute Gasteiger partial charge is 0.256 e. The quantitative estimate of drug-likeness (QED) is 0.423. The number of fused-ring (bicyclic) bond motifs is 3. The molecule has 2 aromatic carbocycles. The molecule has 0 spiro atoms. The van der Waals surface area contributed by atoms with Gasteiger partial charge in [0.2, 0.25) is 0 Å². The number of carbonyl (C=O) groups is 1. The van der Waals surface area contributed by atoms with Crippen molar-refractivity contribution in [1.82, 2.24) is 5.32 Å². The fraction of sp³-hybridized carbons (Fsp3) is 0.370. The molecular weight excluding hydrogens is 452 g/mol. The van der Waals surface area contributed by atoms with E-state index in [4.69, 9.17) is 16.3 Å². The third kappa shape index (κ3) is 4.49. The number of hydrogen-bond donors (Lipinski definition) is 2. The summed E-state index contributed by atoms with van der Waals surface area (Å²) in [5, 5.41) is 8.42. The van der Waals surface area contributed by atoms with E-state index in [1.807, 2.05) is 48.5 Å². The van der Waals surface area contributed by atoms with E-state index in [2.05, 4.69) is 31.4 Å². The highest BCUT2D eigenvalue weighted by Crippen LogP contribution is 2.46. The van der Waals surface area contributed by atoms with Crippen LogP contribution in [0.3, 0.4) is 0 Å². The van der Waals surface area contributed by atoms with Crippen molar-refractivity contribution in [3.8, 4) is 5.75 Å². The topological polar surface area (TPSA) is 50.4 Å². The van der Waals surface area contributed by atoms with Gasteiger partial charge in [0, 0.05) is 15.5 Å². The van der Waals surface area contributed by atoms with Crippen LogP contribution in [0.25, 0.3) is 0 Å². The number of benzene rings is 2. The maximum atomic E-state index is 13.1. The van der Waals surface area contributed by atoms with Crippen molar-refractivity contribution >= 4 is 33.8 Å². The maximum Gasteiger partial charge on any atom is 0.256 e. The monoisotopic (exact) mass is 480 g/mol. The first-order chi connectivity index (χ1) is 15.8. The molecule has 1 aliphatic carbocycles. The van der Waals surface area contributed by atoms with E-state index in [9.17, 15) is 4.79 Å². The summed E-state index contributed by atoms with van der Waals surface area (Å²) in [4.78, 5) is 14.4. The number of carbonyl (C=O) groups excluding carboxylic acids is 1. The third-order valence-electron chi connectivity index (χ3n) is 6.83. The minimum absolute atomic E-state index is 0.0273. The minimum atomic E-state index is -0.249. The average molecular weight is 481 g/mol. The Morgan fingerprint density at radius 2 is 1.85 bits per heavy atom. The number of nitrogens with one attached hydrogen (secondary N) is 2. The first kappa shape index (κ1) is 22.3. The van der Waals surface area contributed by atoms with E-state index in [1.54, 1.807) is 11.3 Å². The van der Waals surface area contributed by atoms with Crippen LogP contribution in [-0.2, 0) is 19.4 Å². The predicted molar refractivity (Wildman–Crippen MR) is 135 cm³/mol. The van der Waals surface area contributed by atoms with Gasteiger partial charge in [0.05, 0.1) is 5.56 Å². The molecule has 2 heterocycles. The van der Waals surface area contributed by atoms with Crippen LogP contribution in [0.1, 0.15) is 65.3 Å². The third-order valence-corrected chi connectivity index (χ3v) is 8.39. The number of thiophene rings is 1. The Kier molecular flexibility index (Phi) is 5.87. The summed E-state index contributed by atoms with van der Waals surface area (Å²) >= 11 is 7.97. The molecule has 6 heteroatoms. The van der Waals surface area contributed by atoms with Gasteiger partial charge in [0.15, 0.2) is 0 Å². The molecule has 2 aliphatic rings. The lowest BCUT2D eigenvalue weighted by molar-refractivity contribution is 0.0935. The van der Waals surface area contributed by atoms with Gasteiger partial charge in [-0.1, -0.05) is 62.7 Å². The van der Waals surface area contributed by atoms with Gasteiger partial charge in [-0.2, -0.15) is 0 Å². The van der Waals surface area contributed by atoms with Crippen molar-refractivity contribution in [2.45, 2.75) is 52.8 Å². The van der Waals surface area contributed by atoms with E-state index in [0.717, 1.165) is 46.7 Å². The van der Waals surface area contributed by atoms with Crippen LogP contribution in [0.5, 0.6) is 5.75 Å². The average Bonchev–Trinajstić information content (AvgIpc) is 3.16. The molecule has 1 amide bonds. The summed E-state index contributed by atoms with van der Waals surface area (Å²) in [6.07, 6.45) is 2.95. The Morgan fingerprint density at radius 3 is 2.58 bits per heavy atom. The summed E-state index contributed by atoms with van der Waals surface area (Å²) in [5.41, 5.74) is 4.35. The fourth-order valence-corrected chi connectivity index (χ4v) is 6.28. The zero-order valence-electron chi connectivity index (χ0n) is 19.2. The van der Waals surface area contributed by atoms with E-state index in [-0.39, 0.29) is 17.5 Å². The first-order valence-electron chi connectivity index (χ1n) is 11.5. The number of ether oxygens (including phenoxy) is 1. The number of amides is 1. The van der Waals surface area contributed by atoms with Gasteiger partial charge in [-0.3, -0.25) is 4.79 Å². The first-order valence-corrected chi connectivity index (χ1v) is 12.7. The lowest BCUT2D eigenvalue weighted by atomic mass is 9.72. The second-order valence-corrected chi connectivity index (χ2v) is 11.5. The van der Waals surface area contributed by atoms with Crippen LogP contribution in [0.4, 0.5) is 5.00 Å². The highest BCUT2D eigenvalue weighted by atomic mass is 35.5. The van der Waals surface area contributed by atoms with Crippen LogP contribution in [0, 0.1) is 11.3 Å². The van der Waals surface area contributed by atoms with Crippen LogP contribution in [0.15, 0.2) is 48.5 Å². The maximum absolute atomic E-state index is 13.1. The van der Waals surface area contributed by atoms with Gasteiger partial charge in [-0.25, -0.2) is 0 Å². The summed E-state index contributed by atoms with van der Waals surface area (Å²) in [6, 6.07) is 15.5. The second-order valence-electron chi connectivity index (χ2n) is 10.0. The molecule has 1 aliphatic heterocycles. The standard InChI is InChI=1S/C27H29ClN2O2S/c1-27(2,3)18-10-13-20-22(14-18)33-26-23(20)25(31)29-24(30-26)16-8-11-19(12-9-16)32-15-17-6-4-5-7-21(17)28/h4-9,11-12,18,24,30H,10,13-15H2,1-3H3,(H,29,31)/t18-,24+/m1/s1. The second kappa shape index (κ2) is 8.69. The summed E-state index contributed by atoms with van der Waals surface area (Å²) in [7, 11) is 0. The zero-order valence-corrected chi connectivity index (χ0v) is 20.8. The van der Waals surface area contributed by atoms with Gasteiger partial charge < -0.3 is 15.4 Å². The Morgan fingerprint density at radius 1 is 1.09 bits per heavy atom. The Labute approximate surface area is 204 Å². The molecule has 0 radical (unpaired) electrons. The van der Waals surface area contributed by atoms with Gasteiger partial charge in [0.1, 0.15) is 23.5 Å². The molecular formula is C27H29ClN2O2S. The molecule has 3 aromatic rings. The molecule has 0 bridgehead atoms. The number of rotatable bonds is 4. The van der Waals surface area contributed by atoms with Crippen molar-refractivity contribution < 1.29 is 9.53 Å². The molecule has 0 fully saturated rings. The number of halogens is 1. The van der Waals surface area contributed by atoms with Crippen LogP contribution in [-0.4, -0.2) is 5.91 Å². The Bertz CT molecular complexity index is 1180. The molecule has 2 atom stereocenters. The fourth-order valence-electron chi connectivity index (χ4n) is 4.74. The van der Waals surface area contributed by atoms with Gasteiger partial charge in [0.25, 0.3) is 5.91 Å². The van der Waals surface area contributed by atoms with E-state index < -0.39 is 0 Å². The van der Waals surface area contributed by atoms with Crippen molar-refractivity contribution in [3.05, 3.63) is 80.7 Å². The molecule has 4 nitrogen and oxygen atoms in total. The SMILES string of the molecule is CC(C)(C)[C@@H]1CCc2c(sc3c2C(=O)N[C@H](c2ccc(OCc4ccccc4Cl)cc2)N3)C1. The van der Waals surface area contributed by atoms with E-state index >= 15 is 0 Å². The molecule has 1 aromatic heterocycles. The van der Waals surface area contributed by atoms with Gasteiger partial charge >= 0.3 is 0 Å². The van der Waals surface area contributed by atoms with Crippen LogP contribution in [0.2, 0.25) is 5.02 Å². The molecule has 33 heavy (non-hydrogen) atoms. The molecule has 0 saturated carbocycles. The number of hydrogen-bond acceptors (Lipinski definition) is 4. The van der Waals surface area contributed by atoms with Crippen LogP contribution < -0.4 is 15.4 Å². The minimum Gasteiger partial charge on any atom is -0.489 e. The van der Waals surface area contributed by atoms with E-state index in [1.165, 1.54) is 10.4 Å². The molecule has 172 valence electrons. The lowest BCUT2D eigenvalue weighted by Gasteiger charge is -2.34. The van der Waals surface area contributed by atoms with Crippen molar-refractivity contribution in [2.24, 2.45) is 11.3 Å². The Hall–Kier alpha value is -2.50. The Balaban J connectivity index is 1.29. The van der Waals surface area contributed by atoms with Gasteiger partial charge in [-0.05, 0) is 59.9 Å². The number of anilines is 1. The van der Waals surface area contributed by atoms with Gasteiger partial charge in [-0.15, -0.1) is 11.3 Å². The van der Waals surface area contributed by atoms with Crippen LogP contribution >= 0.6 is 22.9 Å².